The van der Waals surface area contributed by atoms with Crippen molar-refractivity contribution in [2.75, 3.05) is 5.75 Å². The molecule has 4 heteroatoms. The van der Waals surface area contributed by atoms with Crippen molar-refractivity contribution in [1.82, 2.24) is 0 Å². The van der Waals surface area contributed by atoms with Crippen LogP contribution in [0, 0.1) is 10.8 Å². The zero-order chi connectivity index (χ0) is 10.9. The van der Waals surface area contributed by atoms with Crippen molar-refractivity contribution in [2.24, 2.45) is 10.8 Å². The molecule has 0 aliphatic heterocycles. The Morgan fingerprint density at radius 2 is 1.69 bits per heavy atom. The minimum atomic E-state index is -3.92. The molecule has 0 aliphatic carbocycles. The van der Waals surface area contributed by atoms with E-state index in [1.54, 1.807) is 19.9 Å². The average Bonchev–Trinajstić information content (AvgIpc) is 1.81. The number of hydrogen-bond acceptors (Lipinski definition) is 2. The van der Waals surface area contributed by atoms with Crippen LogP contribution in [0.15, 0.2) is 12.7 Å². The molecule has 0 bridgehead atoms. The quantitative estimate of drug-likeness (QED) is 0.566. The van der Waals surface area contributed by atoms with Gasteiger partial charge in [-0.1, -0.05) is 33.8 Å². The second kappa shape index (κ2) is 3.42. The molecule has 0 saturated carbocycles. The van der Waals surface area contributed by atoms with Crippen LogP contribution < -0.4 is 0 Å². The zero-order valence-corrected chi connectivity index (χ0v) is 9.48. The Morgan fingerprint density at radius 3 is 1.92 bits per heavy atom. The first-order valence-electron chi connectivity index (χ1n) is 4.11. The molecule has 0 spiro atoms. The maximum absolute atomic E-state index is 10.7. The summed E-state index contributed by atoms with van der Waals surface area (Å²) in [5, 5.41) is 0. The monoisotopic (exact) mass is 206 g/mol. The Labute approximate surface area is 80.6 Å². The van der Waals surface area contributed by atoms with Crippen LogP contribution in [0.5, 0.6) is 0 Å². The predicted molar refractivity (Wildman–Crippen MR) is 54.2 cm³/mol. The normalized spacial score (nSPS) is 14.2. The molecular weight excluding hydrogens is 188 g/mol. The molecule has 0 aliphatic rings. The highest BCUT2D eigenvalue weighted by Crippen LogP contribution is 2.40. The Bertz CT molecular complexity index is 286. The van der Waals surface area contributed by atoms with Crippen molar-refractivity contribution in [3.8, 4) is 0 Å². The van der Waals surface area contributed by atoms with Crippen LogP contribution in [-0.4, -0.2) is 18.7 Å². The highest BCUT2D eigenvalue weighted by Gasteiger charge is 2.37. The van der Waals surface area contributed by atoms with Gasteiger partial charge in [0, 0.05) is 0 Å². The molecule has 0 amide bonds. The summed E-state index contributed by atoms with van der Waals surface area (Å²) in [5.41, 5.74) is -0.856. The molecule has 0 aromatic rings. The molecule has 0 rings (SSSR count). The van der Waals surface area contributed by atoms with Gasteiger partial charge in [-0.25, -0.2) is 0 Å². The summed E-state index contributed by atoms with van der Waals surface area (Å²) in [5.74, 6) is -0.251. The Kier molecular flexibility index (Phi) is 3.33. The lowest BCUT2D eigenvalue weighted by atomic mass is 9.69. The molecule has 0 atom stereocenters. The second-order valence-electron chi connectivity index (χ2n) is 4.54. The fraction of sp³-hybridized carbons (Fsp3) is 0.778. The third-order valence-electron chi connectivity index (χ3n) is 2.80. The van der Waals surface area contributed by atoms with Crippen LogP contribution in [-0.2, 0) is 10.1 Å². The van der Waals surface area contributed by atoms with Crippen molar-refractivity contribution in [3.05, 3.63) is 12.7 Å². The first kappa shape index (κ1) is 12.7. The van der Waals surface area contributed by atoms with E-state index in [2.05, 4.69) is 6.58 Å². The van der Waals surface area contributed by atoms with Gasteiger partial charge >= 0.3 is 0 Å². The largest absolute Gasteiger partial charge is 0.286 e. The standard InChI is InChI=1S/C9H18O3S/c1-6-8(2,3)9(4,5)7-13(10,11)12/h6H,1,7H2,2-5H3,(H,10,11,12). The highest BCUT2D eigenvalue weighted by molar-refractivity contribution is 7.85. The lowest BCUT2D eigenvalue weighted by molar-refractivity contribution is 0.193. The van der Waals surface area contributed by atoms with Crippen LogP contribution in [0.4, 0.5) is 0 Å². The minimum absolute atomic E-state index is 0.251. The molecule has 1 N–H and O–H groups in total. The summed E-state index contributed by atoms with van der Waals surface area (Å²) in [7, 11) is -3.92. The first-order valence-corrected chi connectivity index (χ1v) is 5.71. The maximum Gasteiger partial charge on any atom is 0.265 e. The lowest BCUT2D eigenvalue weighted by Gasteiger charge is -2.38. The summed E-state index contributed by atoms with van der Waals surface area (Å²) in [6.07, 6.45) is 1.71. The predicted octanol–water partition coefficient (Wildman–Crippen LogP) is 2.11. The third kappa shape index (κ3) is 3.48. The van der Waals surface area contributed by atoms with Crippen LogP contribution >= 0.6 is 0 Å². The lowest BCUT2D eigenvalue weighted by Crippen LogP contribution is -2.37. The zero-order valence-electron chi connectivity index (χ0n) is 8.66. The topological polar surface area (TPSA) is 54.4 Å². The van der Waals surface area contributed by atoms with Gasteiger partial charge in [-0.2, -0.15) is 8.42 Å². The summed E-state index contributed by atoms with van der Waals surface area (Å²) in [4.78, 5) is 0. The molecular formula is C9H18O3S. The van der Waals surface area contributed by atoms with E-state index in [9.17, 15) is 8.42 Å². The van der Waals surface area contributed by atoms with Crippen molar-refractivity contribution in [1.29, 1.82) is 0 Å². The average molecular weight is 206 g/mol. The minimum Gasteiger partial charge on any atom is -0.286 e. The highest BCUT2D eigenvalue weighted by atomic mass is 32.2. The summed E-state index contributed by atoms with van der Waals surface area (Å²) < 4.78 is 30.2. The SMILES string of the molecule is C=CC(C)(C)C(C)(C)CS(=O)(=O)O. The number of hydrogen-bond donors (Lipinski definition) is 1. The van der Waals surface area contributed by atoms with Crippen LogP contribution in [0.3, 0.4) is 0 Å². The number of rotatable bonds is 4. The van der Waals surface area contributed by atoms with Gasteiger partial charge in [-0.15, -0.1) is 6.58 Å². The fourth-order valence-corrected chi connectivity index (χ4v) is 2.20. The molecule has 0 unspecified atom stereocenters. The maximum atomic E-state index is 10.7. The van der Waals surface area contributed by atoms with Gasteiger partial charge in [-0.05, 0) is 10.8 Å². The van der Waals surface area contributed by atoms with Crippen molar-refractivity contribution in [3.63, 3.8) is 0 Å². The van der Waals surface area contributed by atoms with Crippen LogP contribution in [0.25, 0.3) is 0 Å². The summed E-state index contributed by atoms with van der Waals surface area (Å²) in [6, 6.07) is 0. The van der Waals surface area contributed by atoms with E-state index in [-0.39, 0.29) is 11.2 Å². The molecule has 0 saturated heterocycles. The smallest absolute Gasteiger partial charge is 0.265 e. The van der Waals surface area contributed by atoms with Gasteiger partial charge in [0.25, 0.3) is 10.1 Å². The van der Waals surface area contributed by atoms with Gasteiger partial charge in [0.05, 0.1) is 5.75 Å². The van der Waals surface area contributed by atoms with E-state index in [1.165, 1.54) is 0 Å². The van der Waals surface area contributed by atoms with Gasteiger partial charge < -0.3 is 0 Å². The van der Waals surface area contributed by atoms with E-state index in [4.69, 9.17) is 4.55 Å². The molecule has 0 heterocycles. The molecule has 0 radical (unpaired) electrons. The fourth-order valence-electron chi connectivity index (χ4n) is 0.918. The molecule has 78 valence electrons. The van der Waals surface area contributed by atoms with E-state index < -0.39 is 15.5 Å². The van der Waals surface area contributed by atoms with Crippen LogP contribution in [0.2, 0.25) is 0 Å². The molecule has 0 aromatic heterocycles. The first-order chi connectivity index (χ1) is 5.52. The van der Waals surface area contributed by atoms with Gasteiger partial charge in [0.1, 0.15) is 0 Å². The number of allylic oxidation sites excluding steroid dienone is 1. The third-order valence-corrected chi connectivity index (χ3v) is 3.88. The van der Waals surface area contributed by atoms with Crippen LogP contribution in [0.1, 0.15) is 27.7 Å². The van der Waals surface area contributed by atoms with Crippen molar-refractivity contribution in [2.45, 2.75) is 27.7 Å². The van der Waals surface area contributed by atoms with Crippen molar-refractivity contribution < 1.29 is 13.0 Å². The van der Waals surface area contributed by atoms with E-state index in [1.807, 2.05) is 13.8 Å². The van der Waals surface area contributed by atoms with Gasteiger partial charge in [0.2, 0.25) is 0 Å². The van der Waals surface area contributed by atoms with E-state index in [0.29, 0.717) is 0 Å². The molecule has 13 heavy (non-hydrogen) atoms. The van der Waals surface area contributed by atoms with E-state index >= 15 is 0 Å². The van der Waals surface area contributed by atoms with Gasteiger partial charge in [-0.3, -0.25) is 4.55 Å². The Hall–Kier alpha value is -0.350. The van der Waals surface area contributed by atoms with Gasteiger partial charge in [0.15, 0.2) is 0 Å². The van der Waals surface area contributed by atoms with E-state index in [0.717, 1.165) is 0 Å². The molecule has 3 nitrogen and oxygen atoms in total. The summed E-state index contributed by atoms with van der Waals surface area (Å²) in [6.45, 7) is 11.0. The second-order valence-corrected chi connectivity index (χ2v) is 5.99. The molecule has 0 fully saturated rings. The van der Waals surface area contributed by atoms with Crippen molar-refractivity contribution >= 4 is 10.1 Å². The Morgan fingerprint density at radius 1 is 1.31 bits per heavy atom. The Balaban J connectivity index is 4.88. The summed E-state index contributed by atoms with van der Waals surface area (Å²) >= 11 is 0. The molecule has 0 aromatic carbocycles.